The van der Waals surface area contributed by atoms with E-state index in [9.17, 15) is 13.2 Å². The average Bonchev–Trinajstić information content (AvgIpc) is 3.10. The molecule has 1 aliphatic carbocycles. The molecule has 1 aliphatic rings. The molecule has 1 aromatic carbocycles. The van der Waals surface area contributed by atoms with Gasteiger partial charge < -0.3 is 0 Å². The molecule has 19 heavy (non-hydrogen) atoms. The average molecular weight is 346 g/mol. The Morgan fingerprint density at radius 1 is 1.26 bits per heavy atom. The predicted molar refractivity (Wildman–Crippen MR) is 77.1 cm³/mol. The van der Waals surface area contributed by atoms with Crippen molar-refractivity contribution in [2.75, 3.05) is 5.75 Å². The van der Waals surface area contributed by atoms with Gasteiger partial charge >= 0.3 is 0 Å². The largest absolute Gasteiger partial charge is 0.274 e. The van der Waals surface area contributed by atoms with Crippen molar-refractivity contribution in [2.45, 2.75) is 25.7 Å². The zero-order chi connectivity index (χ0) is 13.9. The van der Waals surface area contributed by atoms with Crippen molar-refractivity contribution in [2.24, 2.45) is 5.92 Å². The number of hydrogen-bond acceptors (Lipinski definition) is 3. The van der Waals surface area contributed by atoms with E-state index in [-0.39, 0.29) is 18.1 Å². The quantitative estimate of drug-likeness (QED) is 0.859. The van der Waals surface area contributed by atoms with Gasteiger partial charge in [0.25, 0.3) is 0 Å². The van der Waals surface area contributed by atoms with Crippen molar-refractivity contribution in [3.63, 3.8) is 0 Å². The van der Waals surface area contributed by atoms with Crippen LogP contribution in [0.1, 0.15) is 24.8 Å². The fraction of sp³-hybridized carbons (Fsp3) is 0.462. The number of halogens is 1. The summed E-state index contributed by atoms with van der Waals surface area (Å²) in [5.41, 5.74) is 1.01. The number of benzene rings is 1. The molecule has 0 saturated heterocycles. The number of sulfonamides is 1. The van der Waals surface area contributed by atoms with Crippen LogP contribution in [0.4, 0.5) is 0 Å². The van der Waals surface area contributed by atoms with Crippen LogP contribution in [0.25, 0.3) is 0 Å². The minimum Gasteiger partial charge on any atom is -0.274 e. The van der Waals surface area contributed by atoms with E-state index < -0.39 is 15.9 Å². The van der Waals surface area contributed by atoms with Gasteiger partial charge in [-0.1, -0.05) is 28.1 Å². The molecule has 0 spiro atoms. The minimum atomic E-state index is -3.44. The monoisotopic (exact) mass is 345 g/mol. The molecule has 6 heteroatoms. The molecule has 4 nitrogen and oxygen atoms in total. The fourth-order valence-corrected chi connectivity index (χ4v) is 3.52. The van der Waals surface area contributed by atoms with Gasteiger partial charge in [-0.2, -0.15) is 0 Å². The predicted octanol–water partition coefficient (Wildman–Crippen LogP) is 2.24. The van der Waals surface area contributed by atoms with Gasteiger partial charge in [-0.05, 0) is 42.9 Å². The third kappa shape index (κ3) is 5.32. The van der Waals surface area contributed by atoms with Crippen LogP contribution >= 0.6 is 15.9 Å². The summed E-state index contributed by atoms with van der Waals surface area (Å²) >= 11 is 3.34. The number of carbonyl (C=O) groups is 1. The van der Waals surface area contributed by atoms with E-state index in [1.165, 1.54) is 0 Å². The zero-order valence-corrected chi connectivity index (χ0v) is 12.8. The summed E-state index contributed by atoms with van der Waals surface area (Å²) in [6, 6.07) is 7.63. The van der Waals surface area contributed by atoms with E-state index in [0.717, 1.165) is 22.9 Å². The molecule has 0 heterocycles. The molecule has 0 atom stereocenters. The topological polar surface area (TPSA) is 63.2 Å². The van der Waals surface area contributed by atoms with E-state index in [0.29, 0.717) is 6.42 Å². The third-order valence-corrected chi connectivity index (χ3v) is 4.95. The van der Waals surface area contributed by atoms with Gasteiger partial charge in [0.05, 0.1) is 5.75 Å². The van der Waals surface area contributed by atoms with Crippen LogP contribution in [0.5, 0.6) is 0 Å². The van der Waals surface area contributed by atoms with Gasteiger partial charge in [-0.15, -0.1) is 0 Å². The van der Waals surface area contributed by atoms with Crippen LogP contribution in [0.2, 0.25) is 0 Å². The maximum atomic E-state index is 11.6. The van der Waals surface area contributed by atoms with E-state index in [1.54, 1.807) is 0 Å². The Morgan fingerprint density at radius 2 is 1.89 bits per heavy atom. The van der Waals surface area contributed by atoms with Gasteiger partial charge in [0, 0.05) is 10.9 Å². The molecule has 1 saturated carbocycles. The molecule has 1 aromatic rings. The second-order valence-corrected chi connectivity index (χ2v) is 7.56. The smallest absolute Gasteiger partial charge is 0.235 e. The fourth-order valence-electron chi connectivity index (χ4n) is 1.77. The number of rotatable bonds is 6. The van der Waals surface area contributed by atoms with Gasteiger partial charge in [-0.3, -0.25) is 9.52 Å². The first-order valence-electron chi connectivity index (χ1n) is 6.22. The Bertz CT molecular complexity index is 550. The number of hydrogen-bond donors (Lipinski definition) is 1. The highest BCUT2D eigenvalue weighted by atomic mass is 79.9. The maximum Gasteiger partial charge on any atom is 0.235 e. The van der Waals surface area contributed by atoms with Crippen LogP contribution in [0.3, 0.4) is 0 Å². The van der Waals surface area contributed by atoms with Gasteiger partial charge in [0.15, 0.2) is 0 Å². The molecular formula is C13H16BrNO3S. The Kier molecular flexibility index (Phi) is 4.62. The Balaban J connectivity index is 1.79. The van der Waals surface area contributed by atoms with Crippen molar-refractivity contribution < 1.29 is 13.2 Å². The molecule has 2 rings (SSSR count). The third-order valence-electron chi connectivity index (χ3n) is 2.98. The summed E-state index contributed by atoms with van der Waals surface area (Å²) in [5.74, 6) is -0.0999. The van der Waals surface area contributed by atoms with Crippen molar-refractivity contribution in [1.29, 1.82) is 0 Å². The van der Waals surface area contributed by atoms with Crippen LogP contribution < -0.4 is 4.72 Å². The van der Waals surface area contributed by atoms with E-state index in [4.69, 9.17) is 0 Å². The molecule has 0 radical (unpaired) electrons. The zero-order valence-electron chi connectivity index (χ0n) is 10.4. The highest BCUT2D eigenvalue weighted by Crippen LogP contribution is 2.29. The van der Waals surface area contributed by atoms with Crippen LogP contribution in [0, 0.1) is 5.92 Å². The van der Waals surface area contributed by atoms with E-state index in [2.05, 4.69) is 20.7 Å². The summed E-state index contributed by atoms with van der Waals surface area (Å²) in [5, 5.41) is 0. The highest BCUT2D eigenvalue weighted by Gasteiger charge is 2.28. The normalized spacial score (nSPS) is 15.2. The summed E-state index contributed by atoms with van der Waals surface area (Å²) in [4.78, 5) is 11.6. The Labute approximate surface area is 121 Å². The van der Waals surface area contributed by atoms with Crippen molar-refractivity contribution in [3.8, 4) is 0 Å². The second-order valence-electron chi connectivity index (χ2n) is 4.88. The van der Waals surface area contributed by atoms with Crippen LogP contribution in [0.15, 0.2) is 28.7 Å². The molecule has 0 bridgehead atoms. The SMILES string of the molecule is O=C(CCc1ccc(Br)cc1)NS(=O)(=O)CC1CC1. The van der Waals surface area contributed by atoms with Gasteiger partial charge in [0.1, 0.15) is 0 Å². The maximum absolute atomic E-state index is 11.6. The summed E-state index contributed by atoms with van der Waals surface area (Å²) in [7, 11) is -3.44. The lowest BCUT2D eigenvalue weighted by Gasteiger charge is -2.06. The molecule has 1 fully saturated rings. The van der Waals surface area contributed by atoms with Crippen molar-refractivity contribution >= 4 is 31.9 Å². The number of amides is 1. The molecule has 0 unspecified atom stereocenters. The summed E-state index contributed by atoms with van der Waals surface area (Å²) < 4.78 is 26.3. The summed E-state index contributed by atoms with van der Waals surface area (Å²) in [6.45, 7) is 0. The molecule has 0 aliphatic heterocycles. The van der Waals surface area contributed by atoms with Crippen molar-refractivity contribution in [3.05, 3.63) is 34.3 Å². The molecule has 1 amide bonds. The lowest BCUT2D eigenvalue weighted by Crippen LogP contribution is -2.33. The molecule has 0 aromatic heterocycles. The molecule has 104 valence electrons. The van der Waals surface area contributed by atoms with Crippen molar-refractivity contribution in [1.82, 2.24) is 4.72 Å². The minimum absolute atomic E-state index is 0.0804. The molecular weight excluding hydrogens is 330 g/mol. The van der Waals surface area contributed by atoms with Crippen LogP contribution in [-0.4, -0.2) is 20.1 Å². The van der Waals surface area contributed by atoms with Crippen LogP contribution in [-0.2, 0) is 21.2 Å². The van der Waals surface area contributed by atoms with Gasteiger partial charge in [-0.25, -0.2) is 8.42 Å². The number of carbonyl (C=O) groups excluding carboxylic acids is 1. The van der Waals surface area contributed by atoms with E-state index in [1.807, 2.05) is 24.3 Å². The first-order valence-corrected chi connectivity index (χ1v) is 8.67. The Morgan fingerprint density at radius 3 is 2.47 bits per heavy atom. The number of nitrogens with one attached hydrogen (secondary N) is 1. The standard InChI is InChI=1S/C13H16BrNO3S/c14-12-6-3-10(4-7-12)5-8-13(16)15-19(17,18)9-11-1-2-11/h3-4,6-7,11H,1-2,5,8-9H2,(H,15,16). The van der Waals surface area contributed by atoms with E-state index >= 15 is 0 Å². The molecule has 1 N–H and O–H groups in total. The lowest BCUT2D eigenvalue weighted by atomic mass is 10.1. The Hall–Kier alpha value is -0.880. The first-order chi connectivity index (χ1) is 8.94. The number of aryl methyl sites for hydroxylation is 1. The summed E-state index contributed by atoms with van der Waals surface area (Å²) in [6.07, 6.45) is 2.63. The first kappa shape index (κ1) is 14.5. The highest BCUT2D eigenvalue weighted by molar-refractivity contribution is 9.10. The lowest BCUT2D eigenvalue weighted by molar-refractivity contribution is -0.119. The van der Waals surface area contributed by atoms with Gasteiger partial charge in [0.2, 0.25) is 15.9 Å². The second kappa shape index (κ2) is 6.05.